The Bertz CT molecular complexity index is 178. The van der Waals surface area contributed by atoms with Crippen molar-refractivity contribution < 1.29 is 13.2 Å². The molecule has 0 aromatic heterocycles. The van der Waals surface area contributed by atoms with Gasteiger partial charge in [-0.2, -0.15) is 13.2 Å². The molecule has 1 N–H and O–H groups in total. The molecule has 5 heteroatoms. The SMILES string of the molecule is CN(CCNCCCC(F)(F)F)C1CC1. The Kier molecular flexibility index (Phi) is 4.86. The van der Waals surface area contributed by atoms with Gasteiger partial charge in [0.15, 0.2) is 0 Å². The van der Waals surface area contributed by atoms with Gasteiger partial charge in [0.1, 0.15) is 0 Å². The first-order chi connectivity index (χ1) is 6.99. The maximum absolute atomic E-state index is 11.8. The molecule has 1 aliphatic rings. The molecule has 0 amide bonds. The molecule has 0 aliphatic heterocycles. The Morgan fingerprint density at radius 3 is 2.47 bits per heavy atom. The highest BCUT2D eigenvalue weighted by atomic mass is 19.4. The summed E-state index contributed by atoms with van der Waals surface area (Å²) in [5.41, 5.74) is 0. The molecular formula is C10H19F3N2. The lowest BCUT2D eigenvalue weighted by Crippen LogP contribution is -2.31. The van der Waals surface area contributed by atoms with Crippen molar-refractivity contribution in [2.45, 2.75) is 37.9 Å². The van der Waals surface area contributed by atoms with Gasteiger partial charge in [0, 0.05) is 25.6 Å². The second-order valence-electron chi connectivity index (χ2n) is 4.18. The predicted octanol–water partition coefficient (Wildman–Crippen LogP) is 2.01. The number of hydrogen-bond acceptors (Lipinski definition) is 2. The van der Waals surface area contributed by atoms with Gasteiger partial charge in [0.2, 0.25) is 0 Å². The minimum absolute atomic E-state index is 0.177. The second-order valence-corrected chi connectivity index (χ2v) is 4.18. The fourth-order valence-corrected chi connectivity index (χ4v) is 1.49. The van der Waals surface area contributed by atoms with Crippen LogP contribution in [0, 0.1) is 0 Å². The number of nitrogens with zero attached hydrogens (tertiary/aromatic N) is 1. The van der Waals surface area contributed by atoms with Crippen LogP contribution in [0.5, 0.6) is 0 Å². The fourth-order valence-electron chi connectivity index (χ4n) is 1.49. The summed E-state index contributed by atoms with van der Waals surface area (Å²) in [4.78, 5) is 2.26. The average Bonchev–Trinajstić information content (AvgIpc) is 2.91. The smallest absolute Gasteiger partial charge is 0.315 e. The van der Waals surface area contributed by atoms with Crippen molar-refractivity contribution in [1.82, 2.24) is 10.2 Å². The van der Waals surface area contributed by atoms with Crippen LogP contribution in [-0.4, -0.2) is 43.8 Å². The summed E-state index contributed by atoms with van der Waals surface area (Å²) in [5, 5.41) is 3.03. The van der Waals surface area contributed by atoms with Crippen LogP contribution in [0.4, 0.5) is 13.2 Å². The number of alkyl halides is 3. The number of nitrogens with one attached hydrogen (secondary N) is 1. The van der Waals surface area contributed by atoms with E-state index in [4.69, 9.17) is 0 Å². The highest BCUT2D eigenvalue weighted by Gasteiger charge is 2.26. The van der Waals surface area contributed by atoms with Gasteiger partial charge in [-0.25, -0.2) is 0 Å². The molecule has 1 rings (SSSR count). The molecular weight excluding hydrogens is 205 g/mol. The number of hydrogen-bond donors (Lipinski definition) is 1. The number of halogens is 3. The van der Waals surface area contributed by atoms with Crippen LogP contribution in [0.1, 0.15) is 25.7 Å². The highest BCUT2D eigenvalue weighted by molar-refractivity contribution is 4.82. The highest BCUT2D eigenvalue weighted by Crippen LogP contribution is 2.24. The van der Waals surface area contributed by atoms with Crippen molar-refractivity contribution in [2.24, 2.45) is 0 Å². The van der Waals surface area contributed by atoms with Gasteiger partial charge in [-0.15, -0.1) is 0 Å². The monoisotopic (exact) mass is 224 g/mol. The third kappa shape index (κ3) is 6.73. The van der Waals surface area contributed by atoms with Crippen molar-refractivity contribution in [3.63, 3.8) is 0 Å². The van der Waals surface area contributed by atoms with Gasteiger partial charge < -0.3 is 10.2 Å². The Hall–Kier alpha value is -0.290. The van der Waals surface area contributed by atoms with Gasteiger partial charge in [-0.1, -0.05) is 0 Å². The van der Waals surface area contributed by atoms with Gasteiger partial charge >= 0.3 is 6.18 Å². The van der Waals surface area contributed by atoms with E-state index in [2.05, 4.69) is 17.3 Å². The van der Waals surface area contributed by atoms with E-state index in [1.54, 1.807) is 0 Å². The lowest BCUT2D eigenvalue weighted by Gasteiger charge is -2.15. The Labute approximate surface area is 88.8 Å². The van der Waals surface area contributed by atoms with Crippen molar-refractivity contribution in [2.75, 3.05) is 26.7 Å². The molecule has 0 aromatic carbocycles. The number of likely N-dealkylation sites (N-methyl/N-ethyl adjacent to an activating group) is 1. The quantitative estimate of drug-likeness (QED) is 0.665. The van der Waals surface area contributed by atoms with Crippen molar-refractivity contribution in [3.05, 3.63) is 0 Å². The molecule has 1 fully saturated rings. The van der Waals surface area contributed by atoms with Crippen LogP contribution < -0.4 is 5.32 Å². The van der Waals surface area contributed by atoms with E-state index in [1.807, 2.05) is 0 Å². The van der Waals surface area contributed by atoms with Crippen LogP contribution in [-0.2, 0) is 0 Å². The van der Waals surface area contributed by atoms with Gasteiger partial charge in [0.25, 0.3) is 0 Å². The van der Waals surface area contributed by atoms with Crippen molar-refractivity contribution in [1.29, 1.82) is 0 Å². The fraction of sp³-hybridized carbons (Fsp3) is 1.00. The largest absolute Gasteiger partial charge is 0.389 e. The summed E-state index contributed by atoms with van der Waals surface area (Å²) in [6, 6.07) is 0.724. The zero-order valence-corrected chi connectivity index (χ0v) is 9.11. The second kappa shape index (κ2) is 5.70. The van der Waals surface area contributed by atoms with Crippen LogP contribution in [0.3, 0.4) is 0 Å². The first kappa shape index (κ1) is 12.8. The lowest BCUT2D eigenvalue weighted by atomic mass is 10.3. The Morgan fingerprint density at radius 2 is 1.93 bits per heavy atom. The van der Waals surface area contributed by atoms with E-state index in [-0.39, 0.29) is 6.42 Å². The molecule has 0 saturated heterocycles. The Morgan fingerprint density at radius 1 is 1.27 bits per heavy atom. The summed E-state index contributed by atoms with van der Waals surface area (Å²) in [6.45, 7) is 2.17. The third-order valence-electron chi connectivity index (χ3n) is 2.63. The number of rotatable bonds is 7. The van der Waals surface area contributed by atoms with E-state index in [9.17, 15) is 13.2 Å². The molecule has 0 unspecified atom stereocenters. The topological polar surface area (TPSA) is 15.3 Å². The normalized spacial score (nSPS) is 17.4. The van der Waals surface area contributed by atoms with Crippen molar-refractivity contribution in [3.8, 4) is 0 Å². The molecule has 15 heavy (non-hydrogen) atoms. The molecule has 0 aromatic rings. The van der Waals surface area contributed by atoms with Crippen LogP contribution >= 0.6 is 0 Å². The van der Waals surface area contributed by atoms with E-state index < -0.39 is 12.6 Å². The maximum Gasteiger partial charge on any atom is 0.389 e. The molecule has 0 radical (unpaired) electrons. The molecule has 0 heterocycles. The molecule has 0 spiro atoms. The summed E-state index contributed by atoms with van der Waals surface area (Å²) in [7, 11) is 2.06. The molecule has 0 bridgehead atoms. The first-order valence-electron chi connectivity index (χ1n) is 5.47. The zero-order valence-electron chi connectivity index (χ0n) is 9.11. The molecule has 0 atom stereocenters. The molecule has 2 nitrogen and oxygen atoms in total. The summed E-state index contributed by atoms with van der Waals surface area (Å²) in [6.07, 6.45) is -1.98. The average molecular weight is 224 g/mol. The lowest BCUT2D eigenvalue weighted by molar-refractivity contribution is -0.135. The molecule has 1 saturated carbocycles. The zero-order chi connectivity index (χ0) is 11.3. The Balaban J connectivity index is 1.84. The summed E-state index contributed by atoms with van der Waals surface area (Å²) in [5.74, 6) is 0. The van der Waals surface area contributed by atoms with Crippen LogP contribution in [0.25, 0.3) is 0 Å². The van der Waals surface area contributed by atoms with Crippen LogP contribution in [0.2, 0.25) is 0 Å². The molecule has 90 valence electrons. The first-order valence-corrected chi connectivity index (χ1v) is 5.47. The van der Waals surface area contributed by atoms with E-state index >= 15 is 0 Å². The minimum Gasteiger partial charge on any atom is -0.315 e. The van der Waals surface area contributed by atoms with Crippen molar-refractivity contribution >= 4 is 0 Å². The predicted molar refractivity (Wildman–Crippen MR) is 53.8 cm³/mol. The minimum atomic E-state index is -4.01. The van der Waals surface area contributed by atoms with E-state index in [1.165, 1.54) is 12.8 Å². The van der Waals surface area contributed by atoms with E-state index in [0.29, 0.717) is 6.54 Å². The van der Waals surface area contributed by atoms with Crippen LogP contribution in [0.15, 0.2) is 0 Å². The van der Waals surface area contributed by atoms with Gasteiger partial charge in [0.05, 0.1) is 0 Å². The van der Waals surface area contributed by atoms with Gasteiger partial charge in [-0.05, 0) is 32.9 Å². The van der Waals surface area contributed by atoms with E-state index in [0.717, 1.165) is 19.1 Å². The standard InChI is InChI=1S/C10H19F3N2/c1-15(9-3-4-9)8-7-14-6-2-5-10(11,12)13/h9,14H,2-8H2,1H3. The third-order valence-corrected chi connectivity index (χ3v) is 2.63. The van der Waals surface area contributed by atoms with Gasteiger partial charge in [-0.3, -0.25) is 0 Å². The maximum atomic E-state index is 11.8. The summed E-state index contributed by atoms with van der Waals surface area (Å²) >= 11 is 0. The summed E-state index contributed by atoms with van der Waals surface area (Å²) < 4.78 is 35.3. The molecule has 1 aliphatic carbocycles.